The maximum atomic E-state index is 12.6. The van der Waals surface area contributed by atoms with Crippen LogP contribution in [0.25, 0.3) is 0 Å². The molecule has 9 heteroatoms. The average molecular weight is 409 g/mol. The van der Waals surface area contributed by atoms with E-state index in [9.17, 15) is 4.79 Å². The number of amides is 1. The summed E-state index contributed by atoms with van der Waals surface area (Å²) in [6, 6.07) is 7.01. The zero-order valence-electron chi connectivity index (χ0n) is 14.8. The lowest BCUT2D eigenvalue weighted by Crippen LogP contribution is -2.26. The molecule has 1 aromatic carbocycles. The van der Waals surface area contributed by atoms with Gasteiger partial charge >= 0.3 is 0 Å². The summed E-state index contributed by atoms with van der Waals surface area (Å²) in [5.41, 5.74) is 1.47. The fraction of sp³-hybridized carbons (Fsp3) is 0.278. The van der Waals surface area contributed by atoms with Gasteiger partial charge in [-0.1, -0.05) is 34.4 Å². The van der Waals surface area contributed by atoms with E-state index in [1.807, 2.05) is 6.92 Å². The van der Waals surface area contributed by atoms with E-state index in [1.165, 1.54) is 0 Å². The van der Waals surface area contributed by atoms with Crippen molar-refractivity contribution in [3.8, 4) is 5.75 Å². The molecule has 2 heterocycles. The van der Waals surface area contributed by atoms with Gasteiger partial charge in [0.15, 0.2) is 5.69 Å². The van der Waals surface area contributed by atoms with Gasteiger partial charge < -0.3 is 14.6 Å². The standard InChI is InChI=1S/C18H18Cl2N4O3/c1-3-24-16(15(20)8-22-24)9-21-18(25)17-14(11(2)27-23-17)10-26-13-6-4-5-12(19)7-13/h4-8H,3,9-10H2,1-2H3,(H,21,25). The Bertz CT molecular complexity index is 952. The number of ether oxygens (including phenoxy) is 1. The highest BCUT2D eigenvalue weighted by Crippen LogP contribution is 2.21. The number of carbonyl (C=O) groups is 1. The number of aryl methyl sites for hydroxylation is 2. The number of benzene rings is 1. The number of nitrogens with one attached hydrogen (secondary N) is 1. The summed E-state index contributed by atoms with van der Waals surface area (Å²) in [4.78, 5) is 12.6. The molecule has 0 aliphatic heterocycles. The van der Waals surface area contributed by atoms with Crippen molar-refractivity contribution in [1.29, 1.82) is 0 Å². The molecule has 0 spiro atoms. The van der Waals surface area contributed by atoms with Gasteiger partial charge in [-0.25, -0.2) is 0 Å². The third-order valence-electron chi connectivity index (χ3n) is 3.99. The second kappa shape index (κ2) is 8.45. The van der Waals surface area contributed by atoms with Gasteiger partial charge in [-0.3, -0.25) is 9.48 Å². The molecule has 0 aliphatic carbocycles. The van der Waals surface area contributed by atoms with E-state index in [4.69, 9.17) is 32.5 Å². The summed E-state index contributed by atoms with van der Waals surface area (Å²) >= 11 is 12.1. The molecule has 1 N–H and O–H groups in total. The van der Waals surface area contributed by atoms with E-state index in [0.29, 0.717) is 33.7 Å². The Kier molecular flexibility index (Phi) is 6.03. The fourth-order valence-corrected chi connectivity index (χ4v) is 2.92. The van der Waals surface area contributed by atoms with Crippen molar-refractivity contribution in [2.24, 2.45) is 0 Å². The molecule has 142 valence electrons. The predicted octanol–water partition coefficient (Wildman–Crippen LogP) is 4.02. The van der Waals surface area contributed by atoms with Gasteiger partial charge in [0.25, 0.3) is 5.91 Å². The average Bonchev–Trinajstić information content (AvgIpc) is 3.20. The third kappa shape index (κ3) is 4.43. The van der Waals surface area contributed by atoms with Gasteiger partial charge in [0.1, 0.15) is 18.1 Å². The minimum Gasteiger partial charge on any atom is -0.489 e. The molecule has 0 saturated heterocycles. The van der Waals surface area contributed by atoms with Gasteiger partial charge in [0.2, 0.25) is 0 Å². The summed E-state index contributed by atoms with van der Waals surface area (Å²) in [7, 11) is 0. The summed E-state index contributed by atoms with van der Waals surface area (Å²) in [5.74, 6) is 0.725. The van der Waals surface area contributed by atoms with Crippen LogP contribution in [-0.2, 0) is 19.7 Å². The number of halogens is 2. The van der Waals surface area contributed by atoms with Gasteiger partial charge in [0, 0.05) is 11.6 Å². The Hall–Kier alpha value is -2.51. The highest BCUT2D eigenvalue weighted by molar-refractivity contribution is 6.31. The van der Waals surface area contributed by atoms with Crippen LogP contribution < -0.4 is 10.1 Å². The van der Waals surface area contributed by atoms with E-state index < -0.39 is 0 Å². The van der Waals surface area contributed by atoms with Crippen LogP contribution in [0.15, 0.2) is 35.0 Å². The molecule has 0 atom stereocenters. The Labute approximate surface area is 166 Å². The second-order valence-corrected chi connectivity index (χ2v) is 6.59. The van der Waals surface area contributed by atoms with Crippen LogP contribution in [0.3, 0.4) is 0 Å². The minimum absolute atomic E-state index is 0.131. The summed E-state index contributed by atoms with van der Waals surface area (Å²) in [6.07, 6.45) is 1.55. The monoisotopic (exact) mass is 408 g/mol. The molecule has 1 amide bonds. The molecule has 7 nitrogen and oxygen atoms in total. The number of rotatable bonds is 7. The van der Waals surface area contributed by atoms with Gasteiger partial charge in [-0.2, -0.15) is 5.10 Å². The lowest BCUT2D eigenvalue weighted by atomic mass is 10.2. The first-order chi connectivity index (χ1) is 13.0. The van der Waals surface area contributed by atoms with Crippen LogP contribution in [0.4, 0.5) is 0 Å². The first kappa shape index (κ1) is 19.3. The van der Waals surface area contributed by atoms with Crippen molar-refractivity contribution in [1.82, 2.24) is 20.3 Å². The van der Waals surface area contributed by atoms with Crippen molar-refractivity contribution >= 4 is 29.1 Å². The largest absolute Gasteiger partial charge is 0.489 e. The van der Waals surface area contributed by atoms with E-state index in [2.05, 4.69) is 15.6 Å². The van der Waals surface area contributed by atoms with Crippen molar-refractivity contribution in [2.75, 3.05) is 0 Å². The smallest absolute Gasteiger partial charge is 0.274 e. The van der Waals surface area contributed by atoms with Crippen LogP contribution in [0.5, 0.6) is 5.75 Å². The molecule has 3 aromatic rings. The van der Waals surface area contributed by atoms with Crippen LogP contribution in [0, 0.1) is 6.92 Å². The Balaban J connectivity index is 1.69. The van der Waals surface area contributed by atoms with E-state index in [1.54, 1.807) is 42.1 Å². The van der Waals surface area contributed by atoms with E-state index in [-0.39, 0.29) is 24.8 Å². The van der Waals surface area contributed by atoms with Crippen LogP contribution >= 0.6 is 23.2 Å². The molecule has 0 unspecified atom stereocenters. The first-order valence-electron chi connectivity index (χ1n) is 8.31. The molecule has 2 aromatic heterocycles. The molecule has 3 rings (SSSR count). The van der Waals surface area contributed by atoms with Gasteiger partial charge in [-0.15, -0.1) is 0 Å². The Morgan fingerprint density at radius 1 is 1.37 bits per heavy atom. The van der Waals surface area contributed by atoms with Gasteiger partial charge in [0.05, 0.1) is 29.0 Å². The number of hydrogen-bond donors (Lipinski definition) is 1. The topological polar surface area (TPSA) is 82.2 Å². The van der Waals surface area contributed by atoms with Crippen molar-refractivity contribution < 1.29 is 14.1 Å². The molecule has 0 fully saturated rings. The quantitative estimate of drug-likeness (QED) is 0.638. The number of nitrogens with zero attached hydrogens (tertiary/aromatic N) is 3. The van der Waals surface area contributed by atoms with E-state index in [0.717, 1.165) is 5.69 Å². The minimum atomic E-state index is -0.378. The van der Waals surface area contributed by atoms with Crippen molar-refractivity contribution in [3.63, 3.8) is 0 Å². The van der Waals surface area contributed by atoms with Crippen molar-refractivity contribution in [3.05, 3.63) is 63.2 Å². The first-order valence-corrected chi connectivity index (χ1v) is 9.07. The van der Waals surface area contributed by atoms with Crippen LogP contribution in [-0.4, -0.2) is 20.8 Å². The SMILES string of the molecule is CCn1ncc(Cl)c1CNC(=O)c1noc(C)c1COc1cccc(Cl)c1. The lowest BCUT2D eigenvalue weighted by Gasteiger charge is -2.09. The molecule has 0 aliphatic rings. The summed E-state index contributed by atoms with van der Waals surface area (Å²) in [5, 5.41) is 11.9. The number of hydrogen-bond acceptors (Lipinski definition) is 5. The molecular weight excluding hydrogens is 391 g/mol. The van der Waals surface area contributed by atoms with Crippen LogP contribution in [0.1, 0.15) is 34.4 Å². The molecule has 27 heavy (non-hydrogen) atoms. The van der Waals surface area contributed by atoms with Gasteiger partial charge in [-0.05, 0) is 32.0 Å². The highest BCUT2D eigenvalue weighted by Gasteiger charge is 2.21. The third-order valence-corrected chi connectivity index (χ3v) is 4.54. The summed E-state index contributed by atoms with van der Waals surface area (Å²) < 4.78 is 12.6. The number of carbonyl (C=O) groups excluding carboxylic acids is 1. The lowest BCUT2D eigenvalue weighted by molar-refractivity contribution is 0.0938. The van der Waals surface area contributed by atoms with Crippen LogP contribution in [0.2, 0.25) is 10.0 Å². The zero-order valence-corrected chi connectivity index (χ0v) is 16.3. The fourth-order valence-electron chi connectivity index (χ4n) is 2.54. The molecule has 0 radical (unpaired) electrons. The highest BCUT2D eigenvalue weighted by atomic mass is 35.5. The molecule has 0 bridgehead atoms. The molecular formula is C18H18Cl2N4O3. The maximum Gasteiger partial charge on any atom is 0.274 e. The normalized spacial score (nSPS) is 10.8. The zero-order chi connectivity index (χ0) is 19.4. The van der Waals surface area contributed by atoms with E-state index >= 15 is 0 Å². The van der Waals surface area contributed by atoms with Crippen molar-refractivity contribution in [2.45, 2.75) is 33.5 Å². The second-order valence-electron chi connectivity index (χ2n) is 5.75. The number of aromatic nitrogens is 3. The maximum absolute atomic E-state index is 12.6. The Morgan fingerprint density at radius 3 is 2.93 bits per heavy atom. The predicted molar refractivity (Wildman–Crippen MR) is 101 cm³/mol. The molecule has 0 saturated carbocycles. The Morgan fingerprint density at radius 2 is 2.19 bits per heavy atom. The summed E-state index contributed by atoms with van der Waals surface area (Å²) in [6.45, 7) is 4.68.